The molecule has 0 spiro atoms. The fourth-order valence-electron chi connectivity index (χ4n) is 8.51. The summed E-state index contributed by atoms with van der Waals surface area (Å²) in [5.41, 5.74) is 16.8. The lowest BCUT2D eigenvalue weighted by atomic mass is 9.78. The highest BCUT2D eigenvalue weighted by molar-refractivity contribution is 6.61. The van der Waals surface area contributed by atoms with Crippen molar-refractivity contribution < 1.29 is 0 Å². The normalized spacial score (nSPS) is 13.8. The molecule has 8 aromatic carbocycles. The Morgan fingerprint density at radius 1 is 0.364 bits per heavy atom. The average Bonchev–Trinajstić information content (AvgIpc) is 3.52. The minimum atomic E-state index is -0.0637. The quantitative estimate of drug-likeness (QED) is 0.141. The summed E-state index contributed by atoms with van der Waals surface area (Å²) in [6.07, 6.45) is 0. The molecule has 264 valence electrons. The first kappa shape index (κ1) is 34.1. The van der Waals surface area contributed by atoms with Crippen molar-refractivity contribution >= 4 is 33.6 Å². The van der Waals surface area contributed by atoms with Crippen LogP contribution >= 0.6 is 0 Å². The second kappa shape index (κ2) is 14.6. The van der Waals surface area contributed by atoms with E-state index in [-0.39, 0.29) is 11.8 Å². The number of nitrogens with zero attached hydrogens (tertiary/aromatic N) is 2. The summed E-state index contributed by atoms with van der Waals surface area (Å²) in [5, 5.41) is 2.39. The smallest absolute Gasteiger partial charge is 0.0979 e. The van der Waals surface area contributed by atoms with Gasteiger partial charge in [-0.2, -0.15) is 0 Å². The first-order chi connectivity index (χ1) is 27.0. The van der Waals surface area contributed by atoms with E-state index in [0.717, 1.165) is 45.1 Å². The molecule has 8 aromatic rings. The summed E-state index contributed by atoms with van der Waals surface area (Å²) in [5.74, 6) is -0.127. The third-order valence-electron chi connectivity index (χ3n) is 11.0. The molecule has 0 atom stereocenters. The van der Waals surface area contributed by atoms with Crippen LogP contribution in [-0.4, -0.2) is 11.4 Å². The largest absolute Gasteiger partial charge is 0.246 e. The molecular weight excluding hydrogens is 665 g/mol. The van der Waals surface area contributed by atoms with Gasteiger partial charge in [0.15, 0.2) is 0 Å². The number of aliphatic imine (C=N–C) groups is 2. The van der Waals surface area contributed by atoms with Crippen molar-refractivity contribution in [3.63, 3.8) is 0 Å². The Hall–Kier alpha value is -6.64. The maximum atomic E-state index is 6.01. The molecular formula is C53H42N2. The van der Waals surface area contributed by atoms with Crippen LogP contribution in [0.25, 0.3) is 10.8 Å². The molecule has 2 heteroatoms. The van der Waals surface area contributed by atoms with Crippen LogP contribution in [0.1, 0.15) is 73.0 Å². The average molecular weight is 707 g/mol. The molecule has 1 aliphatic carbocycles. The van der Waals surface area contributed by atoms with Gasteiger partial charge in [0.1, 0.15) is 0 Å². The minimum Gasteiger partial charge on any atom is -0.246 e. The summed E-state index contributed by atoms with van der Waals surface area (Å²) >= 11 is 0. The molecule has 55 heavy (non-hydrogen) atoms. The van der Waals surface area contributed by atoms with Crippen LogP contribution < -0.4 is 0 Å². The highest BCUT2D eigenvalue weighted by atomic mass is 14.8. The van der Waals surface area contributed by atoms with Gasteiger partial charge in [-0.25, -0.2) is 9.98 Å². The zero-order valence-electron chi connectivity index (χ0n) is 31.4. The van der Waals surface area contributed by atoms with Crippen LogP contribution in [0.3, 0.4) is 0 Å². The van der Waals surface area contributed by atoms with Crippen LogP contribution in [-0.2, 0) is 0 Å². The molecule has 2 nitrogen and oxygen atoms in total. The van der Waals surface area contributed by atoms with Gasteiger partial charge in [-0.3, -0.25) is 0 Å². The van der Waals surface area contributed by atoms with Gasteiger partial charge in [0.05, 0.1) is 22.8 Å². The Balaban J connectivity index is 1.42. The molecule has 0 aliphatic heterocycles. The lowest BCUT2D eigenvalue weighted by molar-refractivity contribution is 0.934. The Morgan fingerprint density at radius 2 is 0.727 bits per heavy atom. The van der Waals surface area contributed by atoms with Crippen molar-refractivity contribution in [3.8, 4) is 0 Å². The van der Waals surface area contributed by atoms with Gasteiger partial charge in [-0.05, 0) is 70.7 Å². The van der Waals surface area contributed by atoms with Crippen molar-refractivity contribution in [2.75, 3.05) is 0 Å². The van der Waals surface area contributed by atoms with Crippen LogP contribution in [0.5, 0.6) is 0 Å². The summed E-state index contributed by atoms with van der Waals surface area (Å²) in [6, 6.07) is 67.9. The SMILES string of the molecule is Cc1cc(C(c2ccccc2)c2ccccc2)c(N=C2C(=Nc3c(C)cccc3C)c3cccc4cccc2c34)c(C(c2ccccc2)c2ccccc2)c1. The molecule has 1 aliphatic rings. The molecule has 0 bridgehead atoms. The third-order valence-corrected chi connectivity index (χ3v) is 11.0. The standard InChI is InChI=1S/C53H42N2/c1-35-33-45(47(38-21-8-4-9-22-38)39-23-10-5-11-24-39)51(46(34-35)48(40-25-12-6-13-26-40)41-27-14-7-15-28-41)55-53-44-32-18-30-42-29-17-31-43(49(42)44)52(53)54-50-36(2)19-16-20-37(50)3/h4-34,47-48H,1-3H3. The van der Waals surface area contributed by atoms with Gasteiger partial charge >= 0.3 is 0 Å². The van der Waals surface area contributed by atoms with Crippen molar-refractivity contribution in [2.45, 2.75) is 32.6 Å². The number of rotatable bonds is 8. The van der Waals surface area contributed by atoms with E-state index in [4.69, 9.17) is 9.98 Å². The topological polar surface area (TPSA) is 24.7 Å². The predicted octanol–water partition coefficient (Wildman–Crippen LogP) is 13.4. The summed E-state index contributed by atoms with van der Waals surface area (Å²) in [4.78, 5) is 11.6. The lowest BCUT2D eigenvalue weighted by Crippen LogP contribution is -2.13. The van der Waals surface area contributed by atoms with E-state index in [1.807, 2.05) is 0 Å². The molecule has 0 aromatic heterocycles. The van der Waals surface area contributed by atoms with Gasteiger partial charge in [-0.15, -0.1) is 0 Å². The number of hydrogen-bond acceptors (Lipinski definition) is 2. The van der Waals surface area contributed by atoms with E-state index < -0.39 is 0 Å². The fraction of sp³-hybridized carbons (Fsp3) is 0.0943. The van der Waals surface area contributed by atoms with Crippen LogP contribution in [0.2, 0.25) is 0 Å². The first-order valence-corrected chi connectivity index (χ1v) is 19.2. The highest BCUT2D eigenvalue weighted by Gasteiger charge is 2.31. The Labute approximate surface area is 324 Å². The van der Waals surface area contributed by atoms with E-state index in [0.29, 0.717) is 0 Å². The molecule has 0 heterocycles. The number of hydrogen-bond donors (Lipinski definition) is 0. The molecule has 0 amide bonds. The van der Waals surface area contributed by atoms with Gasteiger partial charge in [0.25, 0.3) is 0 Å². The molecule has 0 unspecified atom stereocenters. The van der Waals surface area contributed by atoms with Crippen molar-refractivity contribution in [2.24, 2.45) is 9.98 Å². The van der Waals surface area contributed by atoms with Gasteiger partial charge in [0, 0.05) is 28.3 Å². The Kier molecular flexibility index (Phi) is 9.09. The highest BCUT2D eigenvalue weighted by Crippen LogP contribution is 2.47. The molecule has 0 N–H and O–H groups in total. The molecule has 9 rings (SSSR count). The minimum absolute atomic E-state index is 0.0637. The summed E-state index contributed by atoms with van der Waals surface area (Å²) < 4.78 is 0. The maximum Gasteiger partial charge on any atom is 0.0979 e. The number of aryl methyl sites for hydroxylation is 3. The fourth-order valence-corrected chi connectivity index (χ4v) is 8.51. The van der Waals surface area contributed by atoms with E-state index in [9.17, 15) is 0 Å². The van der Waals surface area contributed by atoms with Gasteiger partial charge < -0.3 is 0 Å². The molecule has 0 fully saturated rings. The second-order valence-corrected chi connectivity index (χ2v) is 14.7. The number of benzene rings is 8. The second-order valence-electron chi connectivity index (χ2n) is 14.7. The molecule has 0 saturated carbocycles. The van der Waals surface area contributed by atoms with Crippen LogP contribution in [0.15, 0.2) is 198 Å². The van der Waals surface area contributed by atoms with Crippen molar-refractivity contribution in [1.29, 1.82) is 0 Å². The monoisotopic (exact) mass is 706 g/mol. The van der Waals surface area contributed by atoms with E-state index in [1.165, 1.54) is 49.7 Å². The zero-order chi connectivity index (χ0) is 37.3. The predicted molar refractivity (Wildman–Crippen MR) is 231 cm³/mol. The molecule has 0 saturated heterocycles. The zero-order valence-corrected chi connectivity index (χ0v) is 31.4. The van der Waals surface area contributed by atoms with Crippen LogP contribution in [0.4, 0.5) is 11.4 Å². The van der Waals surface area contributed by atoms with Gasteiger partial charge in [-0.1, -0.05) is 194 Å². The van der Waals surface area contributed by atoms with Crippen LogP contribution in [0, 0.1) is 20.8 Å². The van der Waals surface area contributed by atoms with E-state index in [2.05, 4.69) is 209 Å². The van der Waals surface area contributed by atoms with Gasteiger partial charge in [0.2, 0.25) is 0 Å². The number of para-hydroxylation sites is 1. The third kappa shape index (κ3) is 6.40. The van der Waals surface area contributed by atoms with Crippen molar-refractivity contribution in [3.05, 3.63) is 249 Å². The Bertz CT molecular complexity index is 2500. The van der Waals surface area contributed by atoms with Crippen molar-refractivity contribution in [1.82, 2.24) is 0 Å². The summed E-state index contributed by atoms with van der Waals surface area (Å²) in [7, 11) is 0. The summed E-state index contributed by atoms with van der Waals surface area (Å²) in [6.45, 7) is 6.53. The van der Waals surface area contributed by atoms with E-state index in [1.54, 1.807) is 0 Å². The molecule has 0 radical (unpaired) electrons. The lowest BCUT2D eigenvalue weighted by Gasteiger charge is -2.27. The maximum absolute atomic E-state index is 6.01. The first-order valence-electron chi connectivity index (χ1n) is 19.2. The van der Waals surface area contributed by atoms with E-state index >= 15 is 0 Å². The Morgan fingerprint density at radius 3 is 1.13 bits per heavy atom.